The van der Waals surface area contributed by atoms with Crippen molar-refractivity contribution in [1.29, 1.82) is 0 Å². The van der Waals surface area contributed by atoms with Gasteiger partial charge in [0, 0.05) is 11.6 Å². The van der Waals surface area contributed by atoms with Crippen molar-refractivity contribution in [2.24, 2.45) is 5.92 Å². The lowest BCUT2D eigenvalue weighted by atomic mass is 9.95. The van der Waals surface area contributed by atoms with Crippen LogP contribution < -0.4 is 10.6 Å². The van der Waals surface area contributed by atoms with Gasteiger partial charge in [0.25, 0.3) is 5.91 Å². The summed E-state index contributed by atoms with van der Waals surface area (Å²) in [4.78, 5) is 12.5. The fourth-order valence-electron chi connectivity index (χ4n) is 2.98. The van der Waals surface area contributed by atoms with Crippen LogP contribution in [0.15, 0.2) is 36.5 Å². The van der Waals surface area contributed by atoms with Crippen LogP contribution in [0.3, 0.4) is 0 Å². The van der Waals surface area contributed by atoms with Gasteiger partial charge >= 0.3 is 6.18 Å². The van der Waals surface area contributed by atoms with Gasteiger partial charge in [0.2, 0.25) is 0 Å². The lowest BCUT2D eigenvalue weighted by Gasteiger charge is -2.30. The second kappa shape index (κ2) is 6.87. The van der Waals surface area contributed by atoms with Gasteiger partial charge in [-0.3, -0.25) is 4.79 Å². The third kappa shape index (κ3) is 3.84. The van der Waals surface area contributed by atoms with E-state index in [9.17, 15) is 18.0 Å². The van der Waals surface area contributed by atoms with Crippen molar-refractivity contribution in [2.45, 2.75) is 25.6 Å². The van der Waals surface area contributed by atoms with Crippen molar-refractivity contribution in [3.8, 4) is 5.69 Å². The summed E-state index contributed by atoms with van der Waals surface area (Å²) >= 11 is 0. The number of amides is 1. The molecule has 0 saturated carbocycles. The highest BCUT2D eigenvalue weighted by Gasteiger charge is 2.35. The summed E-state index contributed by atoms with van der Waals surface area (Å²) in [5, 5.41) is 9.97. The minimum atomic E-state index is -4.51. The number of hydrogen-bond donors (Lipinski definition) is 2. The first-order chi connectivity index (χ1) is 11.9. The van der Waals surface area contributed by atoms with Crippen LogP contribution in [-0.2, 0) is 6.18 Å². The molecule has 1 fully saturated rings. The molecule has 1 saturated heterocycles. The molecule has 0 bridgehead atoms. The number of piperidine rings is 1. The Kier molecular flexibility index (Phi) is 4.80. The van der Waals surface area contributed by atoms with Gasteiger partial charge < -0.3 is 10.6 Å². The second-order valence-corrected chi connectivity index (χ2v) is 6.23. The summed E-state index contributed by atoms with van der Waals surface area (Å²) in [6.07, 6.45) is -2.60. The normalized spacial score (nSPS) is 21.1. The zero-order chi connectivity index (χ0) is 18.0. The van der Waals surface area contributed by atoms with E-state index >= 15 is 0 Å². The minimum Gasteiger partial charge on any atom is -0.349 e. The van der Waals surface area contributed by atoms with Gasteiger partial charge in [-0.15, -0.1) is 0 Å². The average Bonchev–Trinajstić information content (AvgIpc) is 3.07. The van der Waals surface area contributed by atoms with E-state index in [1.165, 1.54) is 12.1 Å². The van der Waals surface area contributed by atoms with Crippen LogP contribution in [0.1, 0.15) is 29.4 Å². The molecule has 1 aliphatic heterocycles. The Labute approximate surface area is 143 Å². The summed E-state index contributed by atoms with van der Waals surface area (Å²) in [5.41, 5.74) is -0.368. The predicted octanol–water partition coefficient (Wildman–Crippen LogP) is 2.62. The van der Waals surface area contributed by atoms with E-state index in [1.807, 2.05) is 6.92 Å². The van der Waals surface area contributed by atoms with E-state index < -0.39 is 11.9 Å². The van der Waals surface area contributed by atoms with Crippen molar-refractivity contribution >= 4 is 5.91 Å². The molecule has 2 N–H and O–H groups in total. The van der Waals surface area contributed by atoms with E-state index in [0.717, 1.165) is 36.5 Å². The topological polar surface area (TPSA) is 58.9 Å². The molecule has 134 valence electrons. The van der Waals surface area contributed by atoms with Crippen molar-refractivity contribution in [1.82, 2.24) is 20.4 Å². The van der Waals surface area contributed by atoms with Gasteiger partial charge in [-0.1, -0.05) is 13.0 Å². The number of hydrogen-bond acceptors (Lipinski definition) is 3. The number of benzene rings is 1. The van der Waals surface area contributed by atoms with Crippen LogP contribution >= 0.6 is 0 Å². The minimum absolute atomic E-state index is 0.0489. The quantitative estimate of drug-likeness (QED) is 0.893. The zero-order valence-corrected chi connectivity index (χ0v) is 13.7. The van der Waals surface area contributed by atoms with Crippen LogP contribution in [0.25, 0.3) is 5.69 Å². The SMILES string of the molecule is CC1CNCCC1NC(=O)c1cccc(-n2nccc2C(F)(F)F)c1. The van der Waals surface area contributed by atoms with Crippen molar-refractivity contribution in [3.63, 3.8) is 0 Å². The van der Waals surface area contributed by atoms with Crippen LogP contribution in [0.5, 0.6) is 0 Å². The molecule has 0 spiro atoms. The van der Waals surface area contributed by atoms with E-state index in [-0.39, 0.29) is 17.6 Å². The van der Waals surface area contributed by atoms with Gasteiger partial charge in [0.1, 0.15) is 5.69 Å². The maximum atomic E-state index is 13.0. The smallest absolute Gasteiger partial charge is 0.349 e. The Balaban J connectivity index is 1.82. The predicted molar refractivity (Wildman–Crippen MR) is 86.5 cm³/mol. The second-order valence-electron chi connectivity index (χ2n) is 6.23. The van der Waals surface area contributed by atoms with Gasteiger partial charge in [-0.2, -0.15) is 18.3 Å². The first-order valence-corrected chi connectivity index (χ1v) is 8.09. The third-order valence-electron chi connectivity index (χ3n) is 4.39. The molecular formula is C17H19F3N4O. The fraction of sp³-hybridized carbons (Fsp3) is 0.412. The van der Waals surface area contributed by atoms with Crippen LogP contribution in [0.2, 0.25) is 0 Å². The average molecular weight is 352 g/mol. The Morgan fingerprint density at radius 3 is 2.88 bits per heavy atom. The Hall–Kier alpha value is -2.35. The van der Waals surface area contributed by atoms with Gasteiger partial charge in [0.05, 0.1) is 11.9 Å². The Bertz CT molecular complexity index is 756. The first-order valence-electron chi connectivity index (χ1n) is 8.09. The van der Waals surface area contributed by atoms with Crippen LogP contribution in [0.4, 0.5) is 13.2 Å². The monoisotopic (exact) mass is 352 g/mol. The highest BCUT2D eigenvalue weighted by Crippen LogP contribution is 2.30. The van der Waals surface area contributed by atoms with E-state index in [0.29, 0.717) is 11.5 Å². The number of carbonyl (C=O) groups is 1. The number of rotatable bonds is 3. The van der Waals surface area contributed by atoms with Crippen LogP contribution in [0, 0.1) is 5.92 Å². The molecule has 5 nitrogen and oxygen atoms in total. The third-order valence-corrected chi connectivity index (χ3v) is 4.39. The molecular weight excluding hydrogens is 333 g/mol. The van der Waals surface area contributed by atoms with E-state index in [1.54, 1.807) is 12.1 Å². The largest absolute Gasteiger partial charge is 0.433 e. The molecule has 0 radical (unpaired) electrons. The molecule has 3 rings (SSSR count). The number of carbonyl (C=O) groups excluding carboxylic acids is 1. The Morgan fingerprint density at radius 2 is 2.16 bits per heavy atom. The molecule has 1 aromatic carbocycles. The van der Waals surface area contributed by atoms with Crippen molar-refractivity contribution in [2.75, 3.05) is 13.1 Å². The number of alkyl halides is 3. The van der Waals surface area contributed by atoms with Gasteiger partial charge in [-0.25, -0.2) is 4.68 Å². The van der Waals surface area contributed by atoms with Gasteiger partial charge in [0.15, 0.2) is 0 Å². The molecule has 2 atom stereocenters. The van der Waals surface area contributed by atoms with E-state index in [4.69, 9.17) is 0 Å². The van der Waals surface area contributed by atoms with Gasteiger partial charge in [-0.05, 0) is 49.7 Å². The summed E-state index contributed by atoms with van der Waals surface area (Å²) in [6.45, 7) is 3.71. The lowest BCUT2D eigenvalue weighted by Crippen LogP contribution is -2.48. The molecule has 2 heterocycles. The maximum Gasteiger partial charge on any atom is 0.433 e. The molecule has 8 heteroatoms. The fourth-order valence-corrected chi connectivity index (χ4v) is 2.98. The Morgan fingerprint density at radius 1 is 1.36 bits per heavy atom. The highest BCUT2D eigenvalue weighted by molar-refractivity contribution is 5.95. The maximum absolute atomic E-state index is 13.0. The molecule has 2 unspecified atom stereocenters. The molecule has 0 aliphatic carbocycles. The number of nitrogens with one attached hydrogen (secondary N) is 2. The van der Waals surface area contributed by atoms with Crippen LogP contribution in [-0.4, -0.2) is 34.8 Å². The summed E-state index contributed by atoms with van der Waals surface area (Å²) in [7, 11) is 0. The molecule has 25 heavy (non-hydrogen) atoms. The lowest BCUT2D eigenvalue weighted by molar-refractivity contribution is -0.142. The van der Waals surface area contributed by atoms with Crippen molar-refractivity contribution in [3.05, 3.63) is 47.8 Å². The van der Waals surface area contributed by atoms with E-state index in [2.05, 4.69) is 15.7 Å². The molecule has 1 aromatic heterocycles. The molecule has 2 aromatic rings. The molecule has 1 amide bonds. The standard InChI is InChI=1S/C17H19F3N4O/c1-11-10-21-7-5-14(11)23-16(25)12-3-2-4-13(9-12)24-15(6-8-22-24)17(18,19)20/h2-4,6,8-9,11,14,21H,5,7,10H2,1H3,(H,23,25). The number of aromatic nitrogens is 2. The summed E-state index contributed by atoms with van der Waals surface area (Å²) in [6, 6.07) is 7.01. The zero-order valence-electron chi connectivity index (χ0n) is 13.7. The first kappa shape index (κ1) is 17.5. The highest BCUT2D eigenvalue weighted by atomic mass is 19.4. The summed E-state index contributed by atoms with van der Waals surface area (Å²) < 4.78 is 39.9. The number of halogens is 3. The number of nitrogens with zero attached hydrogens (tertiary/aromatic N) is 2. The van der Waals surface area contributed by atoms with Crippen molar-refractivity contribution < 1.29 is 18.0 Å². The molecule has 1 aliphatic rings. The summed E-state index contributed by atoms with van der Waals surface area (Å²) in [5.74, 6) is 0.00476.